The van der Waals surface area contributed by atoms with Crippen molar-refractivity contribution in [2.24, 2.45) is 4.99 Å². The van der Waals surface area contributed by atoms with Crippen LogP contribution < -0.4 is 0 Å². The van der Waals surface area contributed by atoms with E-state index in [-0.39, 0.29) is 12.5 Å². The molecule has 0 aliphatic carbocycles. The molecule has 0 radical (unpaired) electrons. The number of carbonyl (C=O) groups excluding carboxylic acids is 1. The van der Waals surface area contributed by atoms with Crippen molar-refractivity contribution >= 4 is 11.9 Å². The Bertz CT molecular complexity index is 179. The third-order valence-corrected chi connectivity index (χ3v) is 1.03. The summed E-state index contributed by atoms with van der Waals surface area (Å²) in [6.45, 7) is 5.90. The summed E-state index contributed by atoms with van der Waals surface area (Å²) in [5, 5.41) is 0. The van der Waals surface area contributed by atoms with E-state index in [0.29, 0.717) is 19.1 Å². The maximum Gasteiger partial charge on any atom is 0.327 e. The summed E-state index contributed by atoms with van der Waals surface area (Å²) in [7, 11) is 0. The zero-order valence-electron chi connectivity index (χ0n) is 8.20. The Kier molecular flexibility index (Phi) is 6.91. The number of esters is 1. The first-order valence-electron chi connectivity index (χ1n) is 4.16. The lowest BCUT2D eigenvalue weighted by atomic mass is 10.6. The van der Waals surface area contributed by atoms with Crippen LogP contribution in [0, 0.1) is 0 Å². The molecule has 0 saturated carbocycles. The molecule has 0 saturated heterocycles. The third-order valence-electron chi connectivity index (χ3n) is 1.03. The van der Waals surface area contributed by atoms with Gasteiger partial charge in [-0.1, -0.05) is 0 Å². The van der Waals surface area contributed by atoms with Gasteiger partial charge in [0.1, 0.15) is 6.54 Å². The van der Waals surface area contributed by atoms with E-state index in [1.807, 2.05) is 0 Å². The SMILES string of the molecule is CCOOC(C)=NCC(=O)OCC. The zero-order valence-corrected chi connectivity index (χ0v) is 8.20. The highest BCUT2D eigenvalue weighted by Gasteiger charge is 2.00. The Balaban J connectivity index is 3.62. The molecule has 0 N–H and O–H groups in total. The fourth-order valence-corrected chi connectivity index (χ4v) is 0.553. The lowest BCUT2D eigenvalue weighted by molar-refractivity contribution is -0.218. The minimum Gasteiger partial charge on any atom is -0.465 e. The number of carbonyl (C=O) groups is 1. The molecule has 5 nitrogen and oxygen atoms in total. The second-order valence-electron chi connectivity index (χ2n) is 2.13. The Labute approximate surface area is 77.6 Å². The number of rotatable bonds is 5. The number of ether oxygens (including phenoxy) is 1. The normalized spacial score (nSPS) is 11.2. The van der Waals surface area contributed by atoms with Gasteiger partial charge in [-0.25, -0.2) is 4.99 Å². The summed E-state index contributed by atoms with van der Waals surface area (Å²) in [5.41, 5.74) is 0. The van der Waals surface area contributed by atoms with Crippen LogP contribution >= 0.6 is 0 Å². The minimum atomic E-state index is -0.373. The first-order valence-corrected chi connectivity index (χ1v) is 4.16. The molecule has 13 heavy (non-hydrogen) atoms. The molecule has 5 heteroatoms. The molecular formula is C8H15NO4. The standard InChI is InChI=1S/C8H15NO4/c1-4-11-8(10)6-9-7(3)13-12-5-2/h4-6H2,1-3H3. The summed E-state index contributed by atoms with van der Waals surface area (Å²) in [4.78, 5) is 23.8. The fourth-order valence-electron chi connectivity index (χ4n) is 0.553. The van der Waals surface area contributed by atoms with E-state index < -0.39 is 0 Å². The van der Waals surface area contributed by atoms with Gasteiger partial charge in [0.25, 0.3) is 0 Å². The van der Waals surface area contributed by atoms with Crippen LogP contribution in [-0.4, -0.2) is 31.6 Å². The average Bonchev–Trinajstić information content (AvgIpc) is 2.12. The topological polar surface area (TPSA) is 57.1 Å². The van der Waals surface area contributed by atoms with Gasteiger partial charge in [-0.15, -0.1) is 0 Å². The number of nitrogens with zero attached hydrogens (tertiary/aromatic N) is 1. The second kappa shape index (κ2) is 7.54. The van der Waals surface area contributed by atoms with Crippen molar-refractivity contribution in [3.63, 3.8) is 0 Å². The van der Waals surface area contributed by atoms with Crippen molar-refractivity contribution < 1.29 is 19.3 Å². The van der Waals surface area contributed by atoms with E-state index in [1.165, 1.54) is 0 Å². The Morgan fingerprint density at radius 2 is 2.00 bits per heavy atom. The molecule has 0 unspecified atom stereocenters. The first kappa shape index (κ1) is 11.9. The van der Waals surface area contributed by atoms with Crippen LogP contribution in [0.5, 0.6) is 0 Å². The van der Waals surface area contributed by atoms with Crippen LogP contribution in [0.3, 0.4) is 0 Å². The predicted molar refractivity (Wildman–Crippen MR) is 47.3 cm³/mol. The highest BCUT2D eigenvalue weighted by atomic mass is 17.2. The summed E-state index contributed by atoms with van der Waals surface area (Å²) >= 11 is 0. The van der Waals surface area contributed by atoms with Crippen molar-refractivity contribution in [1.82, 2.24) is 0 Å². The van der Waals surface area contributed by atoms with Gasteiger partial charge >= 0.3 is 5.97 Å². The summed E-state index contributed by atoms with van der Waals surface area (Å²) in [6, 6.07) is 0. The van der Waals surface area contributed by atoms with Crippen molar-refractivity contribution in [3.05, 3.63) is 0 Å². The zero-order chi connectivity index (χ0) is 10.1. The molecule has 0 heterocycles. The second-order valence-corrected chi connectivity index (χ2v) is 2.13. The van der Waals surface area contributed by atoms with Crippen molar-refractivity contribution in [2.75, 3.05) is 19.8 Å². The molecule has 0 aliphatic heterocycles. The van der Waals surface area contributed by atoms with Gasteiger partial charge in [-0.05, 0) is 13.8 Å². The van der Waals surface area contributed by atoms with E-state index in [2.05, 4.69) is 19.5 Å². The van der Waals surface area contributed by atoms with Gasteiger partial charge in [-0.2, -0.15) is 4.89 Å². The molecule has 76 valence electrons. The van der Waals surface area contributed by atoms with Crippen LogP contribution in [0.2, 0.25) is 0 Å². The van der Waals surface area contributed by atoms with Gasteiger partial charge in [0.2, 0.25) is 5.90 Å². The van der Waals surface area contributed by atoms with Crippen molar-refractivity contribution in [1.29, 1.82) is 0 Å². The third kappa shape index (κ3) is 7.27. The van der Waals surface area contributed by atoms with E-state index in [9.17, 15) is 4.79 Å². The van der Waals surface area contributed by atoms with Gasteiger partial charge in [-0.3, -0.25) is 4.79 Å². The Morgan fingerprint density at radius 1 is 1.31 bits per heavy atom. The molecule has 0 spiro atoms. The van der Waals surface area contributed by atoms with E-state index >= 15 is 0 Å². The molecule has 0 aromatic heterocycles. The van der Waals surface area contributed by atoms with Gasteiger partial charge in [0.05, 0.1) is 13.2 Å². The molecule has 0 rings (SSSR count). The lowest BCUT2D eigenvalue weighted by Crippen LogP contribution is -2.10. The molecular weight excluding hydrogens is 174 g/mol. The maximum atomic E-state index is 10.8. The minimum absolute atomic E-state index is 0.0350. The quantitative estimate of drug-likeness (QED) is 0.212. The van der Waals surface area contributed by atoms with E-state index in [4.69, 9.17) is 0 Å². The molecule has 0 aromatic rings. The smallest absolute Gasteiger partial charge is 0.327 e. The lowest BCUT2D eigenvalue weighted by Gasteiger charge is -2.01. The molecule has 0 aromatic carbocycles. The van der Waals surface area contributed by atoms with Crippen molar-refractivity contribution in [2.45, 2.75) is 20.8 Å². The number of hydrogen-bond acceptors (Lipinski definition) is 5. The summed E-state index contributed by atoms with van der Waals surface area (Å²) in [6.07, 6.45) is 0. The summed E-state index contributed by atoms with van der Waals surface area (Å²) in [5.74, 6) is -0.0585. The monoisotopic (exact) mass is 189 g/mol. The fraction of sp³-hybridized carbons (Fsp3) is 0.750. The number of aliphatic imine (C=N–C) groups is 1. The van der Waals surface area contributed by atoms with Gasteiger partial charge in [0.15, 0.2) is 0 Å². The van der Waals surface area contributed by atoms with E-state index in [1.54, 1.807) is 20.8 Å². The average molecular weight is 189 g/mol. The molecule has 0 atom stereocenters. The van der Waals surface area contributed by atoms with Gasteiger partial charge < -0.3 is 9.62 Å². The summed E-state index contributed by atoms with van der Waals surface area (Å²) < 4.78 is 4.65. The van der Waals surface area contributed by atoms with Crippen LogP contribution in [-0.2, 0) is 19.3 Å². The van der Waals surface area contributed by atoms with Crippen molar-refractivity contribution in [3.8, 4) is 0 Å². The van der Waals surface area contributed by atoms with Crippen LogP contribution in [0.4, 0.5) is 0 Å². The molecule has 0 bridgehead atoms. The Morgan fingerprint density at radius 3 is 2.54 bits per heavy atom. The van der Waals surface area contributed by atoms with Gasteiger partial charge in [0, 0.05) is 6.92 Å². The highest BCUT2D eigenvalue weighted by molar-refractivity contribution is 5.78. The highest BCUT2D eigenvalue weighted by Crippen LogP contribution is 1.86. The molecule has 0 fully saturated rings. The predicted octanol–water partition coefficient (Wildman–Crippen LogP) is 0.936. The van der Waals surface area contributed by atoms with Crippen LogP contribution in [0.25, 0.3) is 0 Å². The molecule has 0 amide bonds. The first-order chi connectivity index (χ1) is 6.20. The maximum absolute atomic E-state index is 10.8. The van der Waals surface area contributed by atoms with Crippen LogP contribution in [0.15, 0.2) is 4.99 Å². The largest absolute Gasteiger partial charge is 0.465 e. The Hall–Kier alpha value is -1.10. The number of hydrogen-bond donors (Lipinski definition) is 0. The molecule has 0 aliphatic rings. The van der Waals surface area contributed by atoms with Crippen LogP contribution in [0.1, 0.15) is 20.8 Å². The van der Waals surface area contributed by atoms with E-state index in [0.717, 1.165) is 0 Å².